The van der Waals surface area contributed by atoms with E-state index in [2.05, 4.69) is 72.6 Å². The van der Waals surface area contributed by atoms with Gasteiger partial charge >= 0.3 is 0 Å². The monoisotopic (exact) mass is 372 g/mol. The second-order valence-electron chi connectivity index (χ2n) is 8.31. The summed E-state index contributed by atoms with van der Waals surface area (Å²) in [6.45, 7) is 6.76. The minimum atomic E-state index is -0.585. The summed E-state index contributed by atoms with van der Waals surface area (Å²) in [6.07, 6.45) is 14.6. The standard InChI is InChI=1S/C24H24N2O2/c1-16-17(14-18-8-4-7-11-21(18)28-16)12-13-24-23(2,3)19-9-5-6-10-20(19)26(24)15-22(27)25-24/h4-14,21H,15H2,1-3H3,(H,25,27)/b13-12+/t21-,24-/m0/s1. The second kappa shape index (κ2) is 5.74. The number of allylic oxidation sites excluding steroid dienone is 6. The molecular weight excluding hydrogens is 348 g/mol. The van der Waals surface area contributed by atoms with Gasteiger partial charge in [-0.05, 0) is 42.4 Å². The average molecular weight is 372 g/mol. The van der Waals surface area contributed by atoms with Crippen LogP contribution in [-0.4, -0.2) is 24.2 Å². The van der Waals surface area contributed by atoms with E-state index < -0.39 is 5.66 Å². The van der Waals surface area contributed by atoms with E-state index in [1.807, 2.05) is 25.1 Å². The van der Waals surface area contributed by atoms with Gasteiger partial charge < -0.3 is 15.0 Å². The molecule has 0 radical (unpaired) electrons. The predicted molar refractivity (Wildman–Crippen MR) is 111 cm³/mol. The van der Waals surface area contributed by atoms with E-state index in [0.29, 0.717) is 6.54 Å². The fourth-order valence-corrected chi connectivity index (χ4v) is 4.83. The number of hydrogen-bond donors (Lipinski definition) is 1. The molecule has 3 aliphatic heterocycles. The lowest BCUT2D eigenvalue weighted by atomic mass is 9.75. The number of benzene rings is 1. The Kier molecular flexibility index (Phi) is 3.51. The van der Waals surface area contributed by atoms with Crippen LogP contribution >= 0.6 is 0 Å². The summed E-state index contributed by atoms with van der Waals surface area (Å²) in [5.41, 5.74) is 3.71. The van der Waals surface area contributed by atoms with Gasteiger partial charge in [0.25, 0.3) is 0 Å². The Morgan fingerprint density at radius 3 is 2.93 bits per heavy atom. The molecule has 1 saturated heterocycles. The predicted octanol–water partition coefficient (Wildman–Crippen LogP) is 3.89. The van der Waals surface area contributed by atoms with Crippen LogP contribution in [0.5, 0.6) is 0 Å². The van der Waals surface area contributed by atoms with Crippen molar-refractivity contribution < 1.29 is 9.53 Å². The zero-order valence-electron chi connectivity index (χ0n) is 16.4. The van der Waals surface area contributed by atoms with Gasteiger partial charge in [-0.1, -0.05) is 56.4 Å². The number of hydrogen-bond acceptors (Lipinski definition) is 3. The van der Waals surface area contributed by atoms with Crippen LogP contribution in [0, 0.1) is 0 Å². The number of amides is 1. The van der Waals surface area contributed by atoms with Gasteiger partial charge in [0.15, 0.2) is 0 Å². The quantitative estimate of drug-likeness (QED) is 0.856. The Morgan fingerprint density at radius 2 is 2.07 bits per heavy atom. The molecule has 142 valence electrons. The number of para-hydroxylation sites is 1. The molecule has 1 amide bonds. The van der Waals surface area contributed by atoms with Crippen molar-refractivity contribution in [2.24, 2.45) is 0 Å². The number of anilines is 1. The van der Waals surface area contributed by atoms with E-state index in [9.17, 15) is 4.79 Å². The molecule has 4 heteroatoms. The molecule has 1 aromatic rings. The van der Waals surface area contributed by atoms with E-state index in [1.165, 1.54) is 5.56 Å². The Hall–Kier alpha value is -3.01. The third-order valence-electron chi connectivity index (χ3n) is 6.43. The van der Waals surface area contributed by atoms with Crippen LogP contribution in [0.25, 0.3) is 0 Å². The van der Waals surface area contributed by atoms with E-state index in [1.54, 1.807) is 0 Å². The molecule has 0 unspecified atom stereocenters. The Labute approximate surface area is 165 Å². The number of fused-ring (bicyclic) bond motifs is 4. The van der Waals surface area contributed by atoms with Crippen LogP contribution in [0.3, 0.4) is 0 Å². The lowest BCUT2D eigenvalue weighted by Crippen LogP contribution is -2.58. The Morgan fingerprint density at radius 1 is 1.25 bits per heavy atom. The van der Waals surface area contributed by atoms with Crippen molar-refractivity contribution in [3.8, 4) is 0 Å². The second-order valence-corrected chi connectivity index (χ2v) is 8.31. The fraction of sp³-hybridized carbons (Fsp3) is 0.292. The molecule has 1 aromatic carbocycles. The average Bonchev–Trinajstić information content (AvgIpc) is 3.11. The lowest BCUT2D eigenvalue weighted by Gasteiger charge is -2.40. The molecule has 2 atom stereocenters. The van der Waals surface area contributed by atoms with Crippen molar-refractivity contribution >= 4 is 11.6 Å². The molecule has 0 bridgehead atoms. The largest absolute Gasteiger partial charge is 0.486 e. The van der Waals surface area contributed by atoms with Crippen molar-refractivity contribution in [2.75, 3.05) is 11.4 Å². The summed E-state index contributed by atoms with van der Waals surface area (Å²) in [5, 5.41) is 3.27. The maximum absolute atomic E-state index is 12.4. The molecule has 0 aromatic heterocycles. The highest BCUT2D eigenvalue weighted by molar-refractivity contribution is 5.91. The van der Waals surface area contributed by atoms with Gasteiger partial charge in [0.1, 0.15) is 17.5 Å². The van der Waals surface area contributed by atoms with Gasteiger partial charge in [0, 0.05) is 16.7 Å². The van der Waals surface area contributed by atoms with E-state index in [0.717, 1.165) is 22.6 Å². The first-order valence-electron chi connectivity index (χ1n) is 9.74. The van der Waals surface area contributed by atoms with Gasteiger partial charge in [-0.15, -0.1) is 0 Å². The molecule has 1 fully saturated rings. The molecule has 0 spiro atoms. The Balaban J connectivity index is 1.57. The summed E-state index contributed by atoms with van der Waals surface area (Å²) < 4.78 is 6.08. The molecule has 4 aliphatic rings. The van der Waals surface area contributed by atoms with Crippen molar-refractivity contribution in [1.82, 2.24) is 5.32 Å². The number of ether oxygens (including phenoxy) is 1. The summed E-state index contributed by atoms with van der Waals surface area (Å²) in [6, 6.07) is 8.37. The van der Waals surface area contributed by atoms with Crippen LogP contribution in [-0.2, 0) is 14.9 Å². The topological polar surface area (TPSA) is 41.6 Å². The maximum atomic E-state index is 12.4. The van der Waals surface area contributed by atoms with Crippen molar-refractivity contribution in [3.63, 3.8) is 0 Å². The highest BCUT2D eigenvalue weighted by Crippen LogP contribution is 2.52. The zero-order chi connectivity index (χ0) is 19.5. The summed E-state index contributed by atoms with van der Waals surface area (Å²) >= 11 is 0. The van der Waals surface area contributed by atoms with E-state index in [4.69, 9.17) is 4.74 Å². The first-order valence-corrected chi connectivity index (χ1v) is 9.74. The molecule has 5 rings (SSSR count). The van der Waals surface area contributed by atoms with Gasteiger partial charge in [-0.2, -0.15) is 0 Å². The molecule has 1 aliphatic carbocycles. The minimum absolute atomic E-state index is 0.00447. The number of carbonyl (C=O) groups is 1. The third kappa shape index (κ3) is 2.21. The molecule has 3 heterocycles. The van der Waals surface area contributed by atoms with Gasteiger partial charge in [-0.3, -0.25) is 4.79 Å². The summed E-state index contributed by atoms with van der Waals surface area (Å²) in [7, 11) is 0. The van der Waals surface area contributed by atoms with Crippen LogP contribution in [0.2, 0.25) is 0 Å². The third-order valence-corrected chi connectivity index (χ3v) is 6.43. The normalized spacial score (nSPS) is 29.4. The minimum Gasteiger partial charge on any atom is -0.486 e. The molecule has 0 saturated carbocycles. The maximum Gasteiger partial charge on any atom is 0.241 e. The SMILES string of the molecule is CC1=C(/C=C/[C@]23NC(=O)CN2c2ccccc2C3(C)C)C=C2C=CC=C[C@@H]2O1. The van der Waals surface area contributed by atoms with Crippen molar-refractivity contribution in [2.45, 2.75) is 38.0 Å². The number of carbonyl (C=O) groups excluding carboxylic acids is 1. The summed E-state index contributed by atoms with van der Waals surface area (Å²) in [5.74, 6) is 0.946. The fourth-order valence-electron chi connectivity index (χ4n) is 4.83. The van der Waals surface area contributed by atoms with E-state index >= 15 is 0 Å². The number of rotatable bonds is 2. The first-order chi connectivity index (χ1) is 13.4. The smallest absolute Gasteiger partial charge is 0.241 e. The number of nitrogens with one attached hydrogen (secondary N) is 1. The number of nitrogens with zero attached hydrogens (tertiary/aromatic N) is 1. The highest BCUT2D eigenvalue weighted by Gasteiger charge is 2.59. The Bertz CT molecular complexity index is 1020. The van der Waals surface area contributed by atoms with E-state index in [-0.39, 0.29) is 17.4 Å². The van der Waals surface area contributed by atoms with Crippen LogP contribution in [0.15, 0.2) is 83.7 Å². The lowest BCUT2D eigenvalue weighted by molar-refractivity contribution is -0.118. The van der Waals surface area contributed by atoms with Gasteiger partial charge in [-0.25, -0.2) is 0 Å². The van der Waals surface area contributed by atoms with Crippen LogP contribution < -0.4 is 10.2 Å². The zero-order valence-corrected chi connectivity index (χ0v) is 16.4. The van der Waals surface area contributed by atoms with Crippen molar-refractivity contribution in [1.29, 1.82) is 0 Å². The van der Waals surface area contributed by atoms with Crippen molar-refractivity contribution in [3.05, 3.63) is 89.3 Å². The first kappa shape index (κ1) is 17.1. The molecule has 28 heavy (non-hydrogen) atoms. The molecular formula is C24H24N2O2. The molecule has 4 nitrogen and oxygen atoms in total. The van der Waals surface area contributed by atoms with Gasteiger partial charge in [0.05, 0.1) is 6.54 Å². The molecule has 1 N–H and O–H groups in total. The highest BCUT2D eigenvalue weighted by atomic mass is 16.5. The van der Waals surface area contributed by atoms with Crippen LogP contribution in [0.1, 0.15) is 26.3 Å². The van der Waals surface area contributed by atoms with Gasteiger partial charge in [0.2, 0.25) is 5.91 Å². The van der Waals surface area contributed by atoms with Crippen LogP contribution in [0.4, 0.5) is 5.69 Å². The summed E-state index contributed by atoms with van der Waals surface area (Å²) in [4.78, 5) is 14.6.